The molecule has 140 valence electrons. The first-order valence-electron chi connectivity index (χ1n) is 9.71. The van der Waals surface area contributed by atoms with Gasteiger partial charge in [0, 0.05) is 11.3 Å². The second-order valence-electron chi connectivity index (χ2n) is 6.91. The molecule has 0 fully saturated rings. The van der Waals surface area contributed by atoms with Crippen LogP contribution in [0.1, 0.15) is 66.9 Å². The number of carbonyl (C=O) groups is 1. The van der Waals surface area contributed by atoms with E-state index < -0.39 is 0 Å². The standard InChI is InChI=1S/C23H31NO2/c1-4-5-6-7-8-9-16-26-21-14-12-20(13-15-21)23(25)24-22-17-18(2)10-11-19(22)3/h10-15,17H,4-9,16H2,1-3H3,(H,24,25). The normalized spacial score (nSPS) is 10.6. The minimum atomic E-state index is -0.0961. The van der Waals surface area contributed by atoms with Crippen molar-refractivity contribution in [3.05, 3.63) is 59.2 Å². The number of aryl methyl sites for hydroxylation is 2. The van der Waals surface area contributed by atoms with Gasteiger partial charge in [-0.15, -0.1) is 0 Å². The SMILES string of the molecule is CCCCCCCCOc1ccc(C(=O)Nc2cc(C)ccc2C)cc1. The summed E-state index contributed by atoms with van der Waals surface area (Å²) in [5, 5.41) is 2.98. The van der Waals surface area contributed by atoms with E-state index in [2.05, 4.69) is 12.2 Å². The Morgan fingerprint density at radius 2 is 1.62 bits per heavy atom. The van der Waals surface area contributed by atoms with Gasteiger partial charge < -0.3 is 10.1 Å². The van der Waals surface area contributed by atoms with E-state index in [1.54, 1.807) is 0 Å². The first-order chi connectivity index (χ1) is 12.6. The van der Waals surface area contributed by atoms with Crippen molar-refractivity contribution >= 4 is 11.6 Å². The molecule has 0 saturated heterocycles. The monoisotopic (exact) mass is 353 g/mol. The molecule has 3 nitrogen and oxygen atoms in total. The average Bonchev–Trinajstić information content (AvgIpc) is 2.64. The first kappa shape index (κ1) is 20.0. The van der Waals surface area contributed by atoms with Gasteiger partial charge in [-0.05, 0) is 61.7 Å². The zero-order valence-electron chi connectivity index (χ0n) is 16.3. The summed E-state index contributed by atoms with van der Waals surface area (Å²) in [6, 6.07) is 13.4. The predicted octanol–water partition coefficient (Wildman–Crippen LogP) is 6.30. The van der Waals surface area contributed by atoms with E-state index in [-0.39, 0.29) is 5.91 Å². The van der Waals surface area contributed by atoms with Crippen LogP contribution >= 0.6 is 0 Å². The molecule has 0 aliphatic rings. The molecule has 2 aromatic rings. The summed E-state index contributed by atoms with van der Waals surface area (Å²) in [6.07, 6.45) is 7.51. The van der Waals surface area contributed by atoms with Gasteiger partial charge in [0.1, 0.15) is 5.75 Å². The van der Waals surface area contributed by atoms with E-state index in [1.165, 1.54) is 32.1 Å². The molecule has 0 spiro atoms. The Morgan fingerprint density at radius 3 is 2.35 bits per heavy atom. The topological polar surface area (TPSA) is 38.3 Å². The van der Waals surface area contributed by atoms with Crippen molar-refractivity contribution in [1.29, 1.82) is 0 Å². The average molecular weight is 354 g/mol. The molecule has 0 aromatic heterocycles. The Morgan fingerprint density at radius 1 is 0.923 bits per heavy atom. The fourth-order valence-corrected chi connectivity index (χ4v) is 2.84. The highest BCUT2D eigenvalue weighted by Crippen LogP contribution is 2.19. The number of amides is 1. The van der Waals surface area contributed by atoms with Gasteiger partial charge in [0.05, 0.1) is 6.61 Å². The summed E-state index contributed by atoms with van der Waals surface area (Å²) in [7, 11) is 0. The zero-order valence-corrected chi connectivity index (χ0v) is 16.3. The Kier molecular flexibility index (Phi) is 8.20. The van der Waals surface area contributed by atoms with Crippen molar-refractivity contribution in [2.75, 3.05) is 11.9 Å². The van der Waals surface area contributed by atoms with E-state index in [4.69, 9.17) is 4.74 Å². The van der Waals surface area contributed by atoms with Gasteiger partial charge in [-0.25, -0.2) is 0 Å². The lowest BCUT2D eigenvalue weighted by Gasteiger charge is -2.10. The number of ether oxygens (including phenoxy) is 1. The molecule has 1 amide bonds. The van der Waals surface area contributed by atoms with Crippen LogP contribution in [0.25, 0.3) is 0 Å². The largest absolute Gasteiger partial charge is 0.494 e. The van der Waals surface area contributed by atoms with Gasteiger partial charge in [-0.2, -0.15) is 0 Å². The van der Waals surface area contributed by atoms with E-state index >= 15 is 0 Å². The van der Waals surface area contributed by atoms with Crippen molar-refractivity contribution in [1.82, 2.24) is 0 Å². The molecular formula is C23H31NO2. The molecule has 0 aliphatic carbocycles. The Balaban J connectivity index is 1.79. The maximum absolute atomic E-state index is 12.4. The Hall–Kier alpha value is -2.29. The highest BCUT2D eigenvalue weighted by molar-refractivity contribution is 6.04. The molecule has 2 aromatic carbocycles. The zero-order chi connectivity index (χ0) is 18.8. The molecule has 26 heavy (non-hydrogen) atoms. The fraction of sp³-hybridized carbons (Fsp3) is 0.435. The van der Waals surface area contributed by atoms with Gasteiger partial charge >= 0.3 is 0 Å². The van der Waals surface area contributed by atoms with Crippen LogP contribution in [0.15, 0.2) is 42.5 Å². The number of carbonyl (C=O) groups excluding carboxylic acids is 1. The lowest BCUT2D eigenvalue weighted by Crippen LogP contribution is -2.12. The van der Waals surface area contributed by atoms with Crippen molar-refractivity contribution in [2.45, 2.75) is 59.3 Å². The highest BCUT2D eigenvalue weighted by atomic mass is 16.5. The fourth-order valence-electron chi connectivity index (χ4n) is 2.84. The van der Waals surface area contributed by atoms with E-state index in [9.17, 15) is 4.79 Å². The summed E-state index contributed by atoms with van der Waals surface area (Å²) >= 11 is 0. The summed E-state index contributed by atoms with van der Waals surface area (Å²) in [5.74, 6) is 0.725. The number of unbranched alkanes of at least 4 members (excludes halogenated alkanes) is 5. The Bertz CT molecular complexity index is 692. The number of benzene rings is 2. The molecule has 0 atom stereocenters. The van der Waals surface area contributed by atoms with E-state index in [1.807, 2.05) is 56.3 Å². The second kappa shape index (κ2) is 10.6. The second-order valence-corrected chi connectivity index (χ2v) is 6.91. The van der Waals surface area contributed by atoms with Crippen LogP contribution in [0.5, 0.6) is 5.75 Å². The van der Waals surface area contributed by atoms with Crippen LogP contribution in [0.3, 0.4) is 0 Å². The minimum Gasteiger partial charge on any atom is -0.494 e. The van der Waals surface area contributed by atoms with Crippen LogP contribution in [0.4, 0.5) is 5.69 Å². The van der Waals surface area contributed by atoms with Crippen LogP contribution < -0.4 is 10.1 Å². The van der Waals surface area contributed by atoms with Gasteiger partial charge in [0.15, 0.2) is 0 Å². The smallest absolute Gasteiger partial charge is 0.255 e. The van der Waals surface area contributed by atoms with Crippen molar-refractivity contribution in [3.8, 4) is 5.75 Å². The van der Waals surface area contributed by atoms with Crippen LogP contribution in [-0.2, 0) is 0 Å². The lowest BCUT2D eigenvalue weighted by atomic mass is 10.1. The minimum absolute atomic E-state index is 0.0961. The van der Waals surface area contributed by atoms with Crippen molar-refractivity contribution in [3.63, 3.8) is 0 Å². The molecule has 0 radical (unpaired) electrons. The summed E-state index contributed by atoms with van der Waals surface area (Å²) in [5.41, 5.74) is 3.68. The summed E-state index contributed by atoms with van der Waals surface area (Å²) in [6.45, 7) is 6.98. The highest BCUT2D eigenvalue weighted by Gasteiger charge is 2.08. The molecule has 0 unspecified atom stereocenters. The summed E-state index contributed by atoms with van der Waals surface area (Å²) in [4.78, 5) is 12.4. The molecule has 1 N–H and O–H groups in total. The number of anilines is 1. The lowest BCUT2D eigenvalue weighted by molar-refractivity contribution is 0.102. The van der Waals surface area contributed by atoms with Gasteiger partial charge in [-0.1, -0.05) is 51.2 Å². The van der Waals surface area contributed by atoms with Crippen LogP contribution in [0, 0.1) is 13.8 Å². The number of hydrogen-bond acceptors (Lipinski definition) is 2. The third-order valence-electron chi connectivity index (χ3n) is 4.52. The molecule has 0 saturated carbocycles. The van der Waals surface area contributed by atoms with E-state index in [0.29, 0.717) is 5.56 Å². The summed E-state index contributed by atoms with van der Waals surface area (Å²) < 4.78 is 5.77. The maximum Gasteiger partial charge on any atom is 0.255 e. The molecule has 0 heterocycles. The molecule has 2 rings (SSSR count). The van der Waals surface area contributed by atoms with Crippen molar-refractivity contribution < 1.29 is 9.53 Å². The van der Waals surface area contributed by atoms with Crippen LogP contribution in [-0.4, -0.2) is 12.5 Å². The van der Waals surface area contributed by atoms with E-state index in [0.717, 1.165) is 35.6 Å². The first-order valence-corrected chi connectivity index (χ1v) is 9.71. The predicted molar refractivity (Wildman–Crippen MR) is 109 cm³/mol. The molecule has 0 aliphatic heterocycles. The Labute approximate surface area is 157 Å². The molecular weight excluding hydrogens is 322 g/mol. The van der Waals surface area contributed by atoms with Crippen molar-refractivity contribution in [2.24, 2.45) is 0 Å². The third-order valence-corrected chi connectivity index (χ3v) is 4.52. The maximum atomic E-state index is 12.4. The number of hydrogen-bond donors (Lipinski definition) is 1. The van der Waals surface area contributed by atoms with Gasteiger partial charge in [0.25, 0.3) is 5.91 Å². The van der Waals surface area contributed by atoms with Gasteiger partial charge in [-0.3, -0.25) is 4.79 Å². The van der Waals surface area contributed by atoms with Gasteiger partial charge in [0.2, 0.25) is 0 Å². The third kappa shape index (κ3) is 6.55. The number of rotatable bonds is 10. The molecule has 3 heteroatoms. The number of nitrogens with one attached hydrogen (secondary N) is 1. The quantitative estimate of drug-likeness (QED) is 0.509. The van der Waals surface area contributed by atoms with Crippen LogP contribution in [0.2, 0.25) is 0 Å². The molecule has 0 bridgehead atoms.